The van der Waals surface area contributed by atoms with Crippen LogP contribution in [-0.2, 0) is 10.8 Å². The van der Waals surface area contributed by atoms with Crippen molar-refractivity contribution in [2.75, 3.05) is 4.90 Å². The molecule has 10 rings (SSSR count). The van der Waals surface area contributed by atoms with E-state index >= 15 is 0 Å². The van der Waals surface area contributed by atoms with Crippen LogP contribution in [0.5, 0.6) is 0 Å². The fourth-order valence-corrected chi connectivity index (χ4v) is 9.56. The minimum Gasteiger partial charge on any atom is -0.310 e. The lowest BCUT2D eigenvalue weighted by atomic mass is 9.80. The molecule has 0 bridgehead atoms. The number of fused-ring (bicyclic) bond motifs is 8. The lowest BCUT2D eigenvalue weighted by Crippen LogP contribution is -2.19. The van der Waals surface area contributed by atoms with E-state index in [4.69, 9.17) is 0 Å². The number of allylic oxidation sites excluding steroid dienone is 8. The zero-order chi connectivity index (χ0) is 34.5. The molecule has 6 aromatic rings. The smallest absolute Gasteiger partial charge is 0.0546 e. The summed E-state index contributed by atoms with van der Waals surface area (Å²) in [6, 6.07) is 45.9. The first-order valence-electron chi connectivity index (χ1n) is 18.4. The number of rotatable bonds is 4. The summed E-state index contributed by atoms with van der Waals surface area (Å²) >= 11 is 0. The van der Waals surface area contributed by atoms with Gasteiger partial charge in [-0.15, -0.1) is 0 Å². The number of anilines is 3. The molecule has 0 N–H and O–H groups in total. The largest absolute Gasteiger partial charge is 0.310 e. The van der Waals surface area contributed by atoms with Crippen molar-refractivity contribution in [2.24, 2.45) is 5.92 Å². The Hall–Kier alpha value is -5.66. The molecule has 0 spiro atoms. The minimum atomic E-state index is -0.107. The third-order valence-electron chi connectivity index (χ3n) is 12.2. The van der Waals surface area contributed by atoms with E-state index in [1.807, 2.05) is 0 Å². The fourth-order valence-electron chi connectivity index (χ4n) is 9.56. The van der Waals surface area contributed by atoms with Crippen molar-refractivity contribution in [1.29, 1.82) is 0 Å². The Morgan fingerprint density at radius 2 is 1.14 bits per heavy atom. The van der Waals surface area contributed by atoms with E-state index in [1.165, 1.54) is 89.1 Å². The SMILES string of the molecule is CC1(C)c2ccccc2-c2ccc(N(c3ccc4c(c3)C(C)(C)c3ccccc3-4)c3ccc4ccccc4c3C3=C4C=CC=CC4CC=C3)cc21. The van der Waals surface area contributed by atoms with Gasteiger partial charge in [0.2, 0.25) is 0 Å². The summed E-state index contributed by atoms with van der Waals surface area (Å²) in [4.78, 5) is 2.55. The van der Waals surface area contributed by atoms with Crippen LogP contribution in [0.1, 0.15) is 61.9 Å². The van der Waals surface area contributed by atoms with E-state index in [1.54, 1.807) is 0 Å². The number of hydrogen-bond donors (Lipinski definition) is 0. The third-order valence-corrected chi connectivity index (χ3v) is 12.2. The van der Waals surface area contributed by atoms with Gasteiger partial charge in [0.15, 0.2) is 0 Å². The Morgan fingerprint density at radius 3 is 1.80 bits per heavy atom. The van der Waals surface area contributed by atoms with Gasteiger partial charge >= 0.3 is 0 Å². The second kappa shape index (κ2) is 10.9. The van der Waals surface area contributed by atoms with Gasteiger partial charge in [0, 0.05) is 33.7 Å². The van der Waals surface area contributed by atoms with Crippen LogP contribution in [0, 0.1) is 5.92 Å². The molecule has 0 aromatic heterocycles. The van der Waals surface area contributed by atoms with Gasteiger partial charge in [0.05, 0.1) is 5.69 Å². The van der Waals surface area contributed by atoms with Crippen molar-refractivity contribution in [1.82, 2.24) is 0 Å². The molecule has 1 atom stereocenters. The van der Waals surface area contributed by atoms with E-state index in [0.29, 0.717) is 5.92 Å². The van der Waals surface area contributed by atoms with Gasteiger partial charge in [-0.3, -0.25) is 0 Å². The molecule has 1 heteroatoms. The Balaban J connectivity index is 1.26. The van der Waals surface area contributed by atoms with E-state index in [2.05, 4.69) is 190 Å². The van der Waals surface area contributed by atoms with Crippen molar-refractivity contribution in [2.45, 2.75) is 44.9 Å². The van der Waals surface area contributed by atoms with Crippen molar-refractivity contribution >= 4 is 33.4 Å². The number of benzene rings is 6. The maximum Gasteiger partial charge on any atom is 0.0546 e. The monoisotopic (exact) mass is 655 g/mol. The maximum atomic E-state index is 2.55. The van der Waals surface area contributed by atoms with E-state index in [-0.39, 0.29) is 10.8 Å². The molecule has 0 saturated heterocycles. The van der Waals surface area contributed by atoms with Crippen molar-refractivity contribution in [3.8, 4) is 22.3 Å². The molecule has 1 nitrogen and oxygen atoms in total. The molecular weight excluding hydrogens is 615 g/mol. The third kappa shape index (κ3) is 4.34. The van der Waals surface area contributed by atoms with Crippen LogP contribution in [0.2, 0.25) is 0 Å². The first kappa shape index (κ1) is 30.2. The van der Waals surface area contributed by atoms with E-state index < -0.39 is 0 Å². The Labute approximate surface area is 301 Å². The predicted octanol–water partition coefficient (Wildman–Crippen LogP) is 13.4. The summed E-state index contributed by atoms with van der Waals surface area (Å²) in [6.45, 7) is 9.52. The summed E-state index contributed by atoms with van der Waals surface area (Å²) in [5.74, 6) is 0.383. The molecule has 246 valence electrons. The van der Waals surface area contributed by atoms with E-state index in [0.717, 1.165) is 6.42 Å². The summed E-state index contributed by atoms with van der Waals surface area (Å²) in [7, 11) is 0. The lowest BCUT2D eigenvalue weighted by Gasteiger charge is -2.33. The highest BCUT2D eigenvalue weighted by atomic mass is 15.1. The maximum absolute atomic E-state index is 2.55. The van der Waals surface area contributed by atoms with Crippen LogP contribution in [0.4, 0.5) is 17.1 Å². The second-order valence-corrected chi connectivity index (χ2v) is 15.7. The molecule has 0 radical (unpaired) electrons. The van der Waals surface area contributed by atoms with Crippen LogP contribution < -0.4 is 4.90 Å². The summed E-state index contributed by atoms with van der Waals surface area (Å²) in [6.07, 6.45) is 14.9. The van der Waals surface area contributed by atoms with Gasteiger partial charge in [-0.05, 0) is 103 Å². The minimum absolute atomic E-state index is 0.107. The standard InChI is InChI=1S/C50H41N/c1-49(2)43-22-11-9-19-38(43)40-27-25-34(30-45(40)49)51(35-26-28-41-39-20-10-12-23-44(39)50(3,4)46(41)31-35)47-29-24-33-15-6-8-18-37(33)48(47)42-21-13-16-32-14-5-7-17-36(32)42/h5-15,17-32H,16H2,1-4H3. The summed E-state index contributed by atoms with van der Waals surface area (Å²) in [5, 5.41) is 2.53. The molecular formula is C50H41N. The highest BCUT2D eigenvalue weighted by molar-refractivity contribution is 6.05. The zero-order valence-electron chi connectivity index (χ0n) is 29.7. The molecule has 6 aromatic carbocycles. The topological polar surface area (TPSA) is 3.24 Å². The normalized spacial score (nSPS) is 18.3. The van der Waals surface area contributed by atoms with E-state index in [9.17, 15) is 0 Å². The van der Waals surface area contributed by atoms with Crippen LogP contribution in [0.25, 0.3) is 38.6 Å². The van der Waals surface area contributed by atoms with Gasteiger partial charge in [-0.1, -0.05) is 155 Å². The Morgan fingerprint density at radius 1 is 0.549 bits per heavy atom. The molecule has 0 saturated carbocycles. The van der Waals surface area contributed by atoms with Crippen molar-refractivity contribution in [3.05, 3.63) is 191 Å². The fraction of sp³-hybridized carbons (Fsp3) is 0.160. The van der Waals surface area contributed by atoms with Crippen molar-refractivity contribution < 1.29 is 0 Å². The van der Waals surface area contributed by atoms with Crippen molar-refractivity contribution in [3.63, 3.8) is 0 Å². The zero-order valence-corrected chi connectivity index (χ0v) is 29.7. The molecule has 0 amide bonds. The molecule has 4 aliphatic carbocycles. The van der Waals surface area contributed by atoms with Crippen LogP contribution in [0.3, 0.4) is 0 Å². The average molecular weight is 656 g/mol. The molecule has 0 fully saturated rings. The highest BCUT2D eigenvalue weighted by Crippen LogP contribution is 2.54. The highest BCUT2D eigenvalue weighted by Gasteiger charge is 2.38. The number of hydrogen-bond acceptors (Lipinski definition) is 1. The Bertz CT molecular complexity index is 2460. The first-order valence-corrected chi connectivity index (χ1v) is 18.4. The molecule has 0 aliphatic heterocycles. The van der Waals surface area contributed by atoms with Gasteiger partial charge < -0.3 is 4.90 Å². The first-order chi connectivity index (χ1) is 24.8. The van der Waals surface area contributed by atoms with Gasteiger partial charge in [0.25, 0.3) is 0 Å². The van der Waals surface area contributed by atoms with Crippen LogP contribution >= 0.6 is 0 Å². The summed E-state index contributed by atoms with van der Waals surface area (Å²) < 4.78 is 0. The van der Waals surface area contributed by atoms with Gasteiger partial charge in [0.1, 0.15) is 0 Å². The molecule has 0 heterocycles. The average Bonchev–Trinajstić information content (AvgIpc) is 3.54. The van der Waals surface area contributed by atoms with Crippen LogP contribution in [0.15, 0.2) is 163 Å². The molecule has 51 heavy (non-hydrogen) atoms. The Kier molecular flexibility index (Phi) is 6.46. The molecule has 4 aliphatic rings. The quantitative estimate of drug-likeness (QED) is 0.183. The van der Waals surface area contributed by atoms with Gasteiger partial charge in [-0.25, -0.2) is 0 Å². The predicted molar refractivity (Wildman–Crippen MR) is 216 cm³/mol. The van der Waals surface area contributed by atoms with Crippen LogP contribution in [-0.4, -0.2) is 0 Å². The number of nitrogens with zero attached hydrogens (tertiary/aromatic N) is 1. The van der Waals surface area contributed by atoms with Gasteiger partial charge in [-0.2, -0.15) is 0 Å². The molecule has 1 unspecified atom stereocenters. The second-order valence-electron chi connectivity index (χ2n) is 15.7. The lowest BCUT2D eigenvalue weighted by molar-refractivity contribution is 0.660. The summed E-state index contributed by atoms with van der Waals surface area (Å²) in [5.41, 5.74) is 18.3.